The monoisotopic (exact) mass is 1030 g/mol. The van der Waals surface area contributed by atoms with Crippen LogP contribution < -0.4 is 18.9 Å². The van der Waals surface area contributed by atoms with E-state index in [1.807, 2.05) is 0 Å². The summed E-state index contributed by atoms with van der Waals surface area (Å²) in [7, 11) is 0. The maximum atomic E-state index is 13.3. The highest BCUT2D eigenvalue weighted by molar-refractivity contribution is 5.81. The Labute approximate surface area is 421 Å². The number of esters is 1. The van der Waals surface area contributed by atoms with Crippen LogP contribution in [-0.4, -0.2) is 106 Å². The number of hydrogen-bond donors (Lipinski definition) is 16. The fourth-order valence-corrected chi connectivity index (χ4v) is 10.9. The van der Waals surface area contributed by atoms with Crippen LogP contribution in [0.3, 0.4) is 0 Å². The smallest absolute Gasteiger partial charge is 0.312 e. The van der Waals surface area contributed by atoms with E-state index in [9.17, 15) is 86.5 Å². The summed E-state index contributed by atoms with van der Waals surface area (Å²) < 4.78 is 25.3. The highest BCUT2D eigenvalue weighted by Gasteiger charge is 2.52. The fraction of sp³-hybridized carbons (Fsp3) is 0.204. The minimum absolute atomic E-state index is 0.00699. The predicted octanol–water partition coefficient (Wildman–Crippen LogP) is 5.59. The first kappa shape index (κ1) is 48.0. The number of ether oxygens (including phenoxy) is 4. The van der Waals surface area contributed by atoms with Gasteiger partial charge in [0.2, 0.25) is 0 Å². The molecule has 21 heteroatoms. The number of aliphatic hydroxyl groups is 3. The third-order valence-electron chi connectivity index (χ3n) is 14.4. The lowest BCUT2D eigenvalue weighted by molar-refractivity contribution is -0.135. The van der Waals surface area contributed by atoms with E-state index in [-0.39, 0.29) is 68.2 Å². The van der Waals surface area contributed by atoms with E-state index in [4.69, 9.17) is 18.9 Å². The summed E-state index contributed by atoms with van der Waals surface area (Å²) in [5.74, 6) is -15.2. The summed E-state index contributed by atoms with van der Waals surface area (Å²) >= 11 is 0. The van der Waals surface area contributed by atoms with E-state index >= 15 is 0 Å². The Balaban J connectivity index is 1.19. The molecule has 4 aliphatic heterocycles. The van der Waals surface area contributed by atoms with Gasteiger partial charge in [-0.05, 0) is 70.8 Å². The molecule has 4 heterocycles. The number of hydrogen-bond acceptors (Lipinski definition) is 21. The lowest BCUT2D eigenvalue weighted by Crippen LogP contribution is -2.39. The summed E-state index contributed by atoms with van der Waals surface area (Å²) in [5.41, 5.74) is -1.30. The first-order valence-electron chi connectivity index (χ1n) is 23.1. The first-order valence-corrected chi connectivity index (χ1v) is 23.1. The van der Waals surface area contributed by atoms with Crippen molar-refractivity contribution in [2.45, 2.75) is 67.2 Å². The molecule has 0 unspecified atom stereocenters. The van der Waals surface area contributed by atoms with Crippen LogP contribution >= 0.6 is 0 Å². The maximum Gasteiger partial charge on any atom is 0.312 e. The number of aromatic hydroxyl groups is 13. The Morgan fingerprint density at radius 1 is 0.360 bits per heavy atom. The van der Waals surface area contributed by atoms with Gasteiger partial charge in [-0.2, -0.15) is 0 Å². The number of benzene rings is 7. The summed E-state index contributed by atoms with van der Waals surface area (Å²) in [6.07, 6.45) is -11.0. The summed E-state index contributed by atoms with van der Waals surface area (Å²) in [4.78, 5) is 13.3. The first-order chi connectivity index (χ1) is 35.7. The Hall–Kier alpha value is -9.31. The molecule has 0 bridgehead atoms. The Kier molecular flexibility index (Phi) is 11.2. The molecule has 0 spiro atoms. The van der Waals surface area contributed by atoms with Gasteiger partial charge in [-0.3, -0.25) is 4.79 Å². The van der Waals surface area contributed by atoms with Crippen LogP contribution in [0.15, 0.2) is 91.0 Å². The summed E-state index contributed by atoms with van der Waals surface area (Å²) in [6, 6.07) is 16.9. The van der Waals surface area contributed by atoms with Gasteiger partial charge in [0.05, 0.1) is 24.4 Å². The molecule has 0 aromatic heterocycles. The molecule has 9 atom stereocenters. The fourth-order valence-electron chi connectivity index (χ4n) is 10.9. The van der Waals surface area contributed by atoms with E-state index in [1.165, 1.54) is 36.4 Å². The molecular formula is C54H44O21. The number of phenols is 13. The van der Waals surface area contributed by atoms with Gasteiger partial charge in [-0.1, -0.05) is 24.3 Å². The highest BCUT2D eigenvalue weighted by atomic mass is 16.5. The van der Waals surface area contributed by atoms with Gasteiger partial charge in [-0.15, -0.1) is 0 Å². The third kappa shape index (κ3) is 7.62. The van der Waals surface area contributed by atoms with Gasteiger partial charge in [0.1, 0.15) is 70.1 Å². The number of carbonyl (C=O) groups excluding carboxylic acids is 1. The zero-order chi connectivity index (χ0) is 53.2. The van der Waals surface area contributed by atoms with Crippen molar-refractivity contribution in [2.75, 3.05) is 0 Å². The topological polar surface area (TPSA) is 378 Å². The van der Waals surface area contributed by atoms with Crippen LogP contribution in [-0.2, 0) is 11.2 Å². The molecule has 0 amide bonds. The summed E-state index contributed by atoms with van der Waals surface area (Å²) in [5, 5.41) is 181. The van der Waals surface area contributed by atoms with E-state index < -0.39 is 158 Å². The van der Waals surface area contributed by atoms with Crippen molar-refractivity contribution >= 4 is 5.97 Å². The Morgan fingerprint density at radius 3 is 1.20 bits per heavy atom. The predicted molar refractivity (Wildman–Crippen MR) is 254 cm³/mol. The standard InChI is InChI=1S/C54H44O21/c55-24-5-1-18(9-29(24)60)22-14-39(69)72-38-17-36(67)44-46(48(71)50(74-53(44)40(22)38)20-3-7-26(57)31(62)11-20)43-35(66)16-34(65)42-45(47(70)51(75-54(42)43)21-4-8-27(58)32(63)12-21)41-33(64)15-28(59)23-13-37(68)49(73-52(23)41)19-2-6-25(56)30(61)10-19/h1-12,15-17,22,37,45-51,55-68,70-71H,13-14H2/t22-,37+,45+,46-,47+,48+,49+,50+,51+/m0/s1. The number of carbonyl (C=O) groups is 1. The zero-order valence-corrected chi connectivity index (χ0v) is 38.5. The number of aliphatic hydroxyl groups excluding tert-OH is 3. The maximum absolute atomic E-state index is 13.3. The minimum atomic E-state index is -1.99. The Morgan fingerprint density at radius 2 is 0.733 bits per heavy atom. The molecule has 0 aliphatic carbocycles. The van der Waals surface area contributed by atoms with Crippen molar-refractivity contribution < 1.29 is 105 Å². The molecule has 4 aliphatic rings. The van der Waals surface area contributed by atoms with Gasteiger partial charge in [0.25, 0.3) is 0 Å². The molecule has 0 saturated heterocycles. The molecule has 75 heavy (non-hydrogen) atoms. The van der Waals surface area contributed by atoms with Crippen molar-refractivity contribution in [2.24, 2.45) is 0 Å². The lowest BCUT2D eigenvalue weighted by Gasteiger charge is -2.44. The second-order valence-corrected chi connectivity index (χ2v) is 18.8. The molecule has 0 radical (unpaired) electrons. The van der Waals surface area contributed by atoms with Crippen LogP contribution in [0.25, 0.3) is 0 Å². The molecule has 0 saturated carbocycles. The zero-order valence-electron chi connectivity index (χ0n) is 38.5. The Bertz CT molecular complexity index is 3540. The van der Waals surface area contributed by atoms with Crippen LogP contribution in [0, 0.1) is 0 Å². The van der Waals surface area contributed by atoms with Crippen molar-refractivity contribution in [3.63, 3.8) is 0 Å². The molecule has 0 fully saturated rings. The van der Waals surface area contributed by atoms with Crippen LogP contribution in [0.2, 0.25) is 0 Å². The van der Waals surface area contributed by atoms with E-state index in [2.05, 4.69) is 0 Å². The molecule has 7 aromatic carbocycles. The van der Waals surface area contributed by atoms with E-state index in [1.54, 1.807) is 0 Å². The van der Waals surface area contributed by atoms with Crippen molar-refractivity contribution in [1.82, 2.24) is 0 Å². The molecular weight excluding hydrogens is 985 g/mol. The lowest BCUT2D eigenvalue weighted by atomic mass is 9.72. The third-order valence-corrected chi connectivity index (χ3v) is 14.4. The molecule has 386 valence electrons. The average molecular weight is 1030 g/mol. The van der Waals surface area contributed by atoms with Gasteiger partial charge in [0.15, 0.2) is 58.2 Å². The molecule has 21 nitrogen and oxygen atoms in total. The minimum Gasteiger partial charge on any atom is -0.507 e. The molecule has 16 N–H and O–H groups in total. The number of phenolic OH excluding ortho intramolecular Hbond substituents is 13. The van der Waals surface area contributed by atoms with Crippen molar-refractivity contribution in [1.29, 1.82) is 0 Å². The second-order valence-electron chi connectivity index (χ2n) is 18.8. The number of rotatable bonds is 6. The summed E-state index contributed by atoms with van der Waals surface area (Å²) in [6.45, 7) is 0. The van der Waals surface area contributed by atoms with Crippen LogP contribution in [0.1, 0.15) is 98.1 Å². The van der Waals surface area contributed by atoms with E-state index in [0.29, 0.717) is 0 Å². The van der Waals surface area contributed by atoms with E-state index in [0.717, 1.165) is 54.6 Å². The van der Waals surface area contributed by atoms with Gasteiger partial charge < -0.3 is 101 Å². The van der Waals surface area contributed by atoms with Gasteiger partial charge in [0, 0.05) is 63.9 Å². The SMILES string of the molecule is O=C1C[C@@H](c2ccc(O)c(O)c2)c2c(cc(O)c3c2O[C@H](c2ccc(O)c(O)c2)[C@H](O)[C@H]3c2c(O)cc(O)c3c2O[C@H](c2ccc(O)c(O)c2)[C@H](O)[C@@H]3c2c(O)cc(O)c3c2O[C@H](c2ccc(O)c(O)c2)[C@H](O)C3)O1. The largest absolute Gasteiger partial charge is 0.507 e. The molecule has 7 aromatic rings. The number of fused-ring (bicyclic) bond motifs is 5. The van der Waals surface area contributed by atoms with Gasteiger partial charge >= 0.3 is 5.97 Å². The van der Waals surface area contributed by atoms with Crippen molar-refractivity contribution in [3.05, 3.63) is 147 Å². The molecule has 11 rings (SSSR count). The van der Waals surface area contributed by atoms with Gasteiger partial charge in [-0.25, -0.2) is 0 Å². The average Bonchev–Trinajstić information content (AvgIpc) is 3.35. The second kappa shape index (κ2) is 17.4. The highest BCUT2D eigenvalue weighted by Crippen LogP contribution is 2.64. The van der Waals surface area contributed by atoms with Crippen LogP contribution in [0.4, 0.5) is 0 Å². The van der Waals surface area contributed by atoms with Crippen molar-refractivity contribution in [3.8, 4) is 97.7 Å². The van der Waals surface area contributed by atoms with Crippen LogP contribution in [0.5, 0.6) is 97.7 Å². The quantitative estimate of drug-likeness (QED) is 0.0548. The normalized spacial score (nSPS) is 23.5.